The maximum Gasteiger partial charge on any atom is 0.183 e. The van der Waals surface area contributed by atoms with Crippen LogP contribution in [-0.4, -0.2) is 24.5 Å². The fourth-order valence-electron chi connectivity index (χ4n) is 2.07. The van der Waals surface area contributed by atoms with E-state index in [1.165, 1.54) is 17.8 Å². The highest BCUT2D eigenvalue weighted by Gasteiger charge is 2.16. The van der Waals surface area contributed by atoms with Crippen molar-refractivity contribution in [3.8, 4) is 6.19 Å². The minimum absolute atomic E-state index is 0.263. The Morgan fingerprint density at radius 1 is 1.47 bits per heavy atom. The summed E-state index contributed by atoms with van der Waals surface area (Å²) in [4.78, 5) is 6.23. The molecule has 1 aliphatic heterocycles. The van der Waals surface area contributed by atoms with Gasteiger partial charge in [0.25, 0.3) is 0 Å². The topological polar surface area (TPSA) is 51.4 Å². The van der Waals surface area contributed by atoms with Gasteiger partial charge >= 0.3 is 0 Å². The molecule has 0 aliphatic carbocycles. The van der Waals surface area contributed by atoms with Crippen LogP contribution in [0.1, 0.15) is 12.8 Å². The van der Waals surface area contributed by atoms with Crippen LogP contribution in [0.4, 0.5) is 15.8 Å². The smallest absolute Gasteiger partial charge is 0.183 e. The van der Waals surface area contributed by atoms with E-state index >= 15 is 0 Å². The summed E-state index contributed by atoms with van der Waals surface area (Å²) in [6, 6.07) is 4.93. The molecule has 1 heterocycles. The molecule has 0 saturated carbocycles. The van der Waals surface area contributed by atoms with Crippen molar-refractivity contribution in [2.75, 3.05) is 24.2 Å². The molecule has 19 heavy (non-hydrogen) atoms. The summed E-state index contributed by atoms with van der Waals surface area (Å²) in [5.74, 6) is -0.263. The third-order valence-electron chi connectivity index (χ3n) is 2.96. The number of amidine groups is 1. The highest BCUT2D eigenvalue weighted by atomic mass is 32.2. The lowest BCUT2D eigenvalue weighted by Gasteiger charge is -2.18. The Morgan fingerprint density at radius 3 is 2.79 bits per heavy atom. The quantitative estimate of drug-likeness (QED) is 0.391. The molecule has 0 unspecified atom stereocenters. The summed E-state index contributed by atoms with van der Waals surface area (Å²) in [5, 5.41) is 11.5. The van der Waals surface area contributed by atoms with Gasteiger partial charge in [-0.15, -0.1) is 0 Å². The van der Waals surface area contributed by atoms with Gasteiger partial charge in [0.15, 0.2) is 11.4 Å². The fourth-order valence-corrected chi connectivity index (χ4v) is 2.41. The van der Waals surface area contributed by atoms with Crippen molar-refractivity contribution >= 4 is 28.3 Å². The molecule has 0 atom stereocenters. The van der Waals surface area contributed by atoms with Crippen molar-refractivity contribution in [1.29, 1.82) is 5.26 Å². The summed E-state index contributed by atoms with van der Waals surface area (Å²) >= 11 is 1.31. The van der Waals surface area contributed by atoms with Gasteiger partial charge in [0.05, 0.1) is 11.4 Å². The van der Waals surface area contributed by atoms with E-state index in [9.17, 15) is 4.39 Å². The lowest BCUT2D eigenvalue weighted by Crippen LogP contribution is -2.18. The summed E-state index contributed by atoms with van der Waals surface area (Å²) < 4.78 is 14.0. The van der Waals surface area contributed by atoms with E-state index in [1.54, 1.807) is 24.6 Å². The molecule has 6 heteroatoms. The van der Waals surface area contributed by atoms with Crippen LogP contribution >= 0.6 is 11.8 Å². The zero-order chi connectivity index (χ0) is 13.7. The minimum atomic E-state index is -0.263. The number of rotatable bonds is 2. The van der Waals surface area contributed by atoms with Crippen LogP contribution in [0.2, 0.25) is 0 Å². The normalized spacial score (nSPS) is 15.4. The molecule has 1 saturated heterocycles. The molecule has 100 valence electrons. The van der Waals surface area contributed by atoms with E-state index in [2.05, 4.69) is 10.3 Å². The molecule has 0 bridgehead atoms. The monoisotopic (exact) mass is 278 g/mol. The van der Waals surface area contributed by atoms with Crippen molar-refractivity contribution in [2.45, 2.75) is 12.8 Å². The maximum atomic E-state index is 14.0. The van der Waals surface area contributed by atoms with E-state index in [-0.39, 0.29) is 5.82 Å². The molecule has 1 aromatic carbocycles. The molecule has 1 aromatic rings. The van der Waals surface area contributed by atoms with Crippen LogP contribution in [0, 0.1) is 17.3 Å². The average Bonchev–Trinajstić information content (AvgIpc) is 2.92. The highest BCUT2D eigenvalue weighted by molar-refractivity contribution is 8.13. The molecule has 0 amide bonds. The lowest BCUT2D eigenvalue weighted by atomic mass is 10.2. The van der Waals surface area contributed by atoms with Gasteiger partial charge in [0.1, 0.15) is 5.82 Å². The largest absolute Gasteiger partial charge is 0.369 e. The van der Waals surface area contributed by atoms with Crippen molar-refractivity contribution in [3.63, 3.8) is 0 Å². The molecule has 4 nitrogen and oxygen atoms in total. The number of anilines is 1. The van der Waals surface area contributed by atoms with Gasteiger partial charge in [-0.3, -0.25) is 5.32 Å². The third kappa shape index (κ3) is 3.38. The molecular weight excluding hydrogens is 263 g/mol. The SMILES string of the molecule is CSC(=Nc1ccc(N2CCCC2)c(F)c1)NC#N. The third-order valence-corrected chi connectivity index (χ3v) is 3.54. The molecule has 1 fully saturated rings. The summed E-state index contributed by atoms with van der Waals surface area (Å²) in [7, 11) is 0. The van der Waals surface area contributed by atoms with Crippen molar-refractivity contribution in [3.05, 3.63) is 24.0 Å². The number of benzene rings is 1. The van der Waals surface area contributed by atoms with Crippen LogP contribution < -0.4 is 10.2 Å². The first kappa shape index (κ1) is 13.7. The van der Waals surface area contributed by atoms with Gasteiger partial charge in [-0.1, -0.05) is 11.8 Å². The molecular formula is C13H15FN4S. The molecule has 1 aliphatic rings. The van der Waals surface area contributed by atoms with Crippen LogP contribution in [0.25, 0.3) is 0 Å². The number of nitrogens with one attached hydrogen (secondary N) is 1. The van der Waals surface area contributed by atoms with Crippen LogP contribution in [-0.2, 0) is 0 Å². The Balaban J connectivity index is 2.21. The average molecular weight is 278 g/mol. The van der Waals surface area contributed by atoms with Gasteiger partial charge in [-0.2, -0.15) is 5.26 Å². The number of hydrogen-bond donors (Lipinski definition) is 1. The van der Waals surface area contributed by atoms with Gasteiger partial charge < -0.3 is 4.90 Å². The summed E-state index contributed by atoms with van der Waals surface area (Å²) in [5.41, 5.74) is 1.14. The predicted octanol–water partition coefficient (Wildman–Crippen LogP) is 2.85. The predicted molar refractivity (Wildman–Crippen MR) is 77.2 cm³/mol. The Labute approximate surface area is 116 Å². The Bertz CT molecular complexity index is 518. The molecule has 1 N–H and O–H groups in total. The Kier molecular flexibility index (Phi) is 4.63. The summed E-state index contributed by atoms with van der Waals surface area (Å²) in [6.45, 7) is 1.82. The van der Waals surface area contributed by atoms with Gasteiger partial charge in [-0.25, -0.2) is 9.38 Å². The second kappa shape index (κ2) is 6.43. The first-order valence-corrected chi connectivity index (χ1v) is 7.29. The molecule has 0 aromatic heterocycles. The minimum Gasteiger partial charge on any atom is -0.369 e. The van der Waals surface area contributed by atoms with Crippen LogP contribution in [0.3, 0.4) is 0 Å². The second-order valence-corrected chi connectivity index (χ2v) is 4.98. The summed E-state index contributed by atoms with van der Waals surface area (Å²) in [6.07, 6.45) is 5.84. The van der Waals surface area contributed by atoms with Crippen molar-refractivity contribution < 1.29 is 4.39 Å². The molecule has 2 rings (SSSR count). The van der Waals surface area contributed by atoms with E-state index in [0.29, 0.717) is 16.5 Å². The van der Waals surface area contributed by atoms with E-state index in [0.717, 1.165) is 25.9 Å². The fraction of sp³-hybridized carbons (Fsp3) is 0.385. The standard InChI is InChI=1S/C13H15FN4S/c1-19-13(16-9-15)17-10-4-5-12(11(14)8-10)18-6-2-3-7-18/h4-5,8H,2-3,6-7H2,1H3,(H,16,17). The highest BCUT2D eigenvalue weighted by Crippen LogP contribution is 2.27. The van der Waals surface area contributed by atoms with Crippen molar-refractivity contribution in [1.82, 2.24) is 5.32 Å². The number of hydrogen-bond acceptors (Lipinski definition) is 4. The Morgan fingerprint density at radius 2 is 2.21 bits per heavy atom. The number of nitrogens with zero attached hydrogens (tertiary/aromatic N) is 3. The maximum absolute atomic E-state index is 14.0. The van der Waals surface area contributed by atoms with Crippen molar-refractivity contribution in [2.24, 2.45) is 4.99 Å². The first-order chi connectivity index (χ1) is 9.24. The van der Waals surface area contributed by atoms with Gasteiger partial charge in [0.2, 0.25) is 0 Å². The number of nitriles is 1. The zero-order valence-corrected chi connectivity index (χ0v) is 11.5. The second-order valence-electron chi connectivity index (χ2n) is 4.19. The number of halogens is 1. The number of aliphatic imine (C=N–C) groups is 1. The van der Waals surface area contributed by atoms with Crippen LogP contribution in [0.15, 0.2) is 23.2 Å². The first-order valence-electron chi connectivity index (χ1n) is 6.07. The Hall–Kier alpha value is -1.74. The molecule has 0 radical (unpaired) electrons. The van der Waals surface area contributed by atoms with E-state index < -0.39 is 0 Å². The lowest BCUT2D eigenvalue weighted by molar-refractivity contribution is 0.623. The number of thioether (sulfide) groups is 1. The van der Waals surface area contributed by atoms with Gasteiger partial charge in [0, 0.05) is 19.2 Å². The zero-order valence-electron chi connectivity index (χ0n) is 10.7. The van der Waals surface area contributed by atoms with E-state index in [1.807, 2.05) is 4.90 Å². The van der Waals surface area contributed by atoms with E-state index in [4.69, 9.17) is 5.26 Å². The van der Waals surface area contributed by atoms with Crippen LogP contribution in [0.5, 0.6) is 0 Å². The van der Waals surface area contributed by atoms with Gasteiger partial charge in [-0.05, 0) is 31.2 Å². The molecule has 0 spiro atoms.